The number of aromatic nitrogens is 2. The molecule has 0 aliphatic heterocycles. The van der Waals surface area contributed by atoms with Crippen molar-refractivity contribution in [3.63, 3.8) is 0 Å². The lowest BCUT2D eigenvalue weighted by Gasteiger charge is -2.10. The molecule has 2 aromatic rings. The second kappa shape index (κ2) is 4.89. The molecule has 0 unspecified atom stereocenters. The number of carbonyl (C=O) groups is 1. The molecule has 5 nitrogen and oxygen atoms in total. The van der Waals surface area contributed by atoms with E-state index >= 15 is 0 Å². The average Bonchev–Trinajstić information content (AvgIpc) is 2.96. The molecule has 0 spiro atoms. The smallest absolute Gasteiger partial charge is 0.309 e. The summed E-state index contributed by atoms with van der Waals surface area (Å²) in [5.74, 6) is 0.131. The molecule has 0 aliphatic carbocycles. The van der Waals surface area contributed by atoms with Gasteiger partial charge >= 0.3 is 11.8 Å². The van der Waals surface area contributed by atoms with Crippen LogP contribution in [0.15, 0.2) is 21.9 Å². The van der Waals surface area contributed by atoms with E-state index in [0.29, 0.717) is 12.4 Å². The van der Waals surface area contributed by atoms with Gasteiger partial charge in [0, 0.05) is 10.3 Å². The van der Waals surface area contributed by atoms with Crippen LogP contribution in [0.25, 0.3) is 0 Å². The predicted molar refractivity (Wildman–Crippen MR) is 68.5 cm³/mol. The van der Waals surface area contributed by atoms with Gasteiger partial charge in [0.2, 0.25) is 5.89 Å². The van der Waals surface area contributed by atoms with Crippen LogP contribution in [0.3, 0.4) is 0 Å². The van der Waals surface area contributed by atoms with Crippen molar-refractivity contribution in [2.45, 2.75) is 32.7 Å². The van der Waals surface area contributed by atoms with Crippen molar-refractivity contribution in [3.05, 3.63) is 34.2 Å². The summed E-state index contributed by atoms with van der Waals surface area (Å²) in [4.78, 5) is 12.9. The number of nitrogens with one attached hydrogen (secondary N) is 1. The molecule has 0 fully saturated rings. The van der Waals surface area contributed by atoms with Crippen molar-refractivity contribution in [3.8, 4) is 0 Å². The number of rotatable bonds is 3. The summed E-state index contributed by atoms with van der Waals surface area (Å²) >= 11 is 1.59. The normalized spacial score (nSPS) is 11.5. The number of hydrogen-bond donors (Lipinski definition) is 1. The molecule has 2 aromatic heterocycles. The Kier molecular flexibility index (Phi) is 3.47. The molecule has 1 N–H and O–H groups in total. The molecule has 18 heavy (non-hydrogen) atoms. The Morgan fingerprint density at radius 3 is 2.78 bits per heavy atom. The largest absolute Gasteiger partial charge is 0.416 e. The Morgan fingerprint density at radius 2 is 2.22 bits per heavy atom. The topological polar surface area (TPSA) is 68.0 Å². The Labute approximate surface area is 109 Å². The Bertz CT molecular complexity index is 526. The van der Waals surface area contributed by atoms with Crippen molar-refractivity contribution in [2.75, 3.05) is 0 Å². The Balaban J connectivity index is 1.99. The highest BCUT2D eigenvalue weighted by Crippen LogP contribution is 2.20. The van der Waals surface area contributed by atoms with Crippen molar-refractivity contribution in [1.82, 2.24) is 15.5 Å². The molecule has 0 bridgehead atoms. The van der Waals surface area contributed by atoms with E-state index in [2.05, 4.69) is 15.5 Å². The van der Waals surface area contributed by atoms with Crippen LogP contribution in [0.5, 0.6) is 0 Å². The van der Waals surface area contributed by atoms with Gasteiger partial charge < -0.3 is 9.73 Å². The fraction of sp³-hybridized carbons (Fsp3) is 0.417. The van der Waals surface area contributed by atoms with E-state index in [0.717, 1.165) is 4.88 Å². The van der Waals surface area contributed by atoms with Crippen LogP contribution in [-0.4, -0.2) is 16.1 Å². The fourth-order valence-electron chi connectivity index (χ4n) is 1.27. The minimum Gasteiger partial charge on any atom is -0.416 e. The second-order valence-corrected chi connectivity index (χ2v) is 5.96. The summed E-state index contributed by atoms with van der Waals surface area (Å²) in [6, 6.07) is 3.90. The van der Waals surface area contributed by atoms with Gasteiger partial charge in [0.05, 0.1) is 6.54 Å². The monoisotopic (exact) mass is 265 g/mol. The van der Waals surface area contributed by atoms with Crippen LogP contribution in [0.2, 0.25) is 0 Å². The summed E-state index contributed by atoms with van der Waals surface area (Å²) < 4.78 is 5.35. The zero-order valence-corrected chi connectivity index (χ0v) is 11.4. The van der Waals surface area contributed by atoms with E-state index in [9.17, 15) is 4.79 Å². The van der Waals surface area contributed by atoms with E-state index in [4.69, 9.17) is 4.42 Å². The summed E-state index contributed by atoms with van der Waals surface area (Å²) in [7, 11) is 0. The van der Waals surface area contributed by atoms with Gasteiger partial charge in [-0.2, -0.15) is 0 Å². The first-order chi connectivity index (χ1) is 8.47. The molecule has 0 aliphatic rings. The van der Waals surface area contributed by atoms with Gasteiger partial charge in [0.15, 0.2) is 0 Å². The van der Waals surface area contributed by atoms with Crippen molar-refractivity contribution in [1.29, 1.82) is 0 Å². The van der Waals surface area contributed by atoms with E-state index in [-0.39, 0.29) is 17.2 Å². The Hall–Kier alpha value is -1.69. The molecule has 0 aromatic carbocycles. The first kappa shape index (κ1) is 12.8. The van der Waals surface area contributed by atoms with E-state index in [1.807, 2.05) is 38.3 Å². The lowest BCUT2D eigenvalue weighted by atomic mass is 9.97. The Morgan fingerprint density at radius 1 is 1.44 bits per heavy atom. The molecule has 0 saturated carbocycles. The maximum atomic E-state index is 11.8. The molecular formula is C12H15N3O2S. The number of carbonyl (C=O) groups excluding carboxylic acids is 1. The highest BCUT2D eigenvalue weighted by atomic mass is 32.1. The molecule has 2 rings (SSSR count). The fourth-order valence-corrected chi connectivity index (χ4v) is 1.92. The van der Waals surface area contributed by atoms with Gasteiger partial charge in [0.25, 0.3) is 0 Å². The molecule has 0 radical (unpaired) electrons. The first-order valence-electron chi connectivity index (χ1n) is 5.61. The van der Waals surface area contributed by atoms with Crippen LogP contribution >= 0.6 is 11.3 Å². The number of hydrogen-bond acceptors (Lipinski definition) is 5. The highest BCUT2D eigenvalue weighted by molar-refractivity contribution is 7.09. The summed E-state index contributed by atoms with van der Waals surface area (Å²) in [6.07, 6.45) is 0. The zero-order chi connectivity index (χ0) is 13.2. The minimum absolute atomic E-state index is 0.0106. The van der Waals surface area contributed by atoms with E-state index in [1.165, 1.54) is 0 Å². The molecule has 0 saturated heterocycles. The molecule has 6 heteroatoms. The van der Waals surface area contributed by atoms with E-state index in [1.54, 1.807) is 11.3 Å². The third kappa shape index (κ3) is 2.95. The third-order valence-electron chi connectivity index (χ3n) is 2.26. The van der Waals surface area contributed by atoms with Crippen LogP contribution in [-0.2, 0) is 12.0 Å². The molecule has 0 atom stereocenters. The van der Waals surface area contributed by atoms with Gasteiger partial charge in [-0.3, -0.25) is 4.79 Å². The second-order valence-electron chi connectivity index (χ2n) is 4.92. The van der Waals surface area contributed by atoms with Crippen LogP contribution in [0.4, 0.5) is 0 Å². The molecular weight excluding hydrogens is 250 g/mol. The lowest BCUT2D eigenvalue weighted by Crippen LogP contribution is -2.22. The van der Waals surface area contributed by atoms with Gasteiger partial charge in [-0.25, -0.2) is 0 Å². The van der Waals surface area contributed by atoms with Gasteiger partial charge in [0.1, 0.15) is 0 Å². The zero-order valence-electron chi connectivity index (χ0n) is 10.6. The third-order valence-corrected chi connectivity index (χ3v) is 3.14. The maximum absolute atomic E-state index is 11.8. The van der Waals surface area contributed by atoms with Crippen molar-refractivity contribution >= 4 is 17.2 Å². The average molecular weight is 265 g/mol. The highest BCUT2D eigenvalue weighted by Gasteiger charge is 2.23. The molecule has 2 heterocycles. The summed E-state index contributed by atoms with van der Waals surface area (Å²) in [6.45, 7) is 6.33. The van der Waals surface area contributed by atoms with Crippen LogP contribution in [0, 0.1) is 0 Å². The maximum Gasteiger partial charge on any atom is 0.309 e. The van der Waals surface area contributed by atoms with Gasteiger partial charge in [-0.05, 0) is 11.4 Å². The lowest BCUT2D eigenvalue weighted by molar-refractivity contribution is 0.0913. The van der Waals surface area contributed by atoms with Crippen LogP contribution in [0.1, 0.15) is 42.2 Å². The van der Waals surface area contributed by atoms with Gasteiger partial charge in [-0.1, -0.05) is 26.8 Å². The van der Waals surface area contributed by atoms with Crippen molar-refractivity contribution < 1.29 is 9.21 Å². The standard InChI is InChI=1S/C12H15N3O2S/c1-12(2,3)11-15-14-10(17-11)9(16)13-7-8-5-4-6-18-8/h4-6H,7H2,1-3H3,(H,13,16). The summed E-state index contributed by atoms with van der Waals surface area (Å²) in [5, 5.41) is 12.3. The summed E-state index contributed by atoms with van der Waals surface area (Å²) in [5.41, 5.74) is -0.251. The van der Waals surface area contributed by atoms with E-state index < -0.39 is 0 Å². The quantitative estimate of drug-likeness (QED) is 0.925. The van der Waals surface area contributed by atoms with Crippen molar-refractivity contribution in [2.24, 2.45) is 0 Å². The first-order valence-corrected chi connectivity index (χ1v) is 6.49. The predicted octanol–water partition coefficient (Wildman–Crippen LogP) is 2.36. The molecule has 96 valence electrons. The minimum atomic E-state index is -0.341. The number of amides is 1. The SMILES string of the molecule is CC(C)(C)c1nnc(C(=O)NCc2cccs2)o1. The van der Waals surface area contributed by atoms with Gasteiger partial charge in [-0.15, -0.1) is 21.5 Å². The number of nitrogens with zero attached hydrogens (tertiary/aromatic N) is 2. The molecule has 1 amide bonds. The number of thiophene rings is 1. The van der Waals surface area contributed by atoms with Crippen LogP contribution < -0.4 is 5.32 Å².